The molecular formula is C51H40N2. The summed E-state index contributed by atoms with van der Waals surface area (Å²) in [5.41, 5.74) is 16.8. The van der Waals surface area contributed by atoms with E-state index in [2.05, 4.69) is 174 Å². The van der Waals surface area contributed by atoms with Gasteiger partial charge in [-0.2, -0.15) is 5.26 Å². The molecule has 0 saturated carbocycles. The van der Waals surface area contributed by atoms with Gasteiger partial charge in [-0.3, -0.25) is 0 Å². The summed E-state index contributed by atoms with van der Waals surface area (Å²) in [7, 11) is 0. The Balaban J connectivity index is 1.30. The van der Waals surface area contributed by atoms with Crippen LogP contribution in [0.4, 0.5) is 0 Å². The molecule has 9 rings (SSSR count). The fraction of sp³-hybridized carbons (Fsp3) is 0.137. The number of nitriles is 1. The van der Waals surface area contributed by atoms with Crippen LogP contribution in [-0.4, -0.2) is 4.98 Å². The molecule has 0 N–H and O–H groups in total. The zero-order valence-electron chi connectivity index (χ0n) is 30.7. The molecule has 0 saturated heterocycles. The van der Waals surface area contributed by atoms with Crippen LogP contribution in [0.25, 0.3) is 66.3 Å². The van der Waals surface area contributed by atoms with Gasteiger partial charge in [0.05, 0.1) is 22.8 Å². The maximum atomic E-state index is 9.64. The van der Waals surface area contributed by atoms with E-state index in [9.17, 15) is 5.26 Å². The second kappa shape index (κ2) is 12.1. The summed E-state index contributed by atoms with van der Waals surface area (Å²) in [6, 6.07) is 46.1. The van der Waals surface area contributed by atoms with E-state index < -0.39 is 0 Å². The van der Waals surface area contributed by atoms with E-state index in [1.165, 1.54) is 49.9 Å². The summed E-state index contributed by atoms with van der Waals surface area (Å²) in [4.78, 5) is 5.51. The third kappa shape index (κ3) is 5.19. The van der Waals surface area contributed by atoms with Crippen molar-refractivity contribution in [1.82, 2.24) is 4.98 Å². The van der Waals surface area contributed by atoms with Crippen LogP contribution in [0.2, 0.25) is 0 Å². The largest absolute Gasteiger partial charge is 0.247 e. The van der Waals surface area contributed by atoms with Crippen molar-refractivity contribution in [2.45, 2.75) is 44.9 Å². The SMILES string of the molecule is C=C1/C=C\C=C/Cc2ccc(-c3cc(-c4ccc(C#N)cc4)c4cc(-c5ccc6c(c5)C(C)(C)c5ccccc5-6)c5ccccc5c4n3)cc2C1(C)C. The smallest absolute Gasteiger partial charge is 0.0991 e. The van der Waals surface area contributed by atoms with Crippen molar-refractivity contribution in [1.29, 1.82) is 5.26 Å². The molecule has 0 unspecified atom stereocenters. The second-order valence-electron chi connectivity index (χ2n) is 15.6. The topological polar surface area (TPSA) is 36.7 Å². The van der Waals surface area contributed by atoms with Crippen molar-refractivity contribution in [3.05, 3.63) is 186 Å². The molecule has 2 aliphatic carbocycles. The minimum Gasteiger partial charge on any atom is -0.247 e. The fourth-order valence-electron chi connectivity index (χ4n) is 8.60. The number of benzene rings is 6. The highest BCUT2D eigenvalue weighted by Crippen LogP contribution is 2.50. The van der Waals surface area contributed by atoms with E-state index in [1.807, 2.05) is 12.1 Å². The first-order valence-electron chi connectivity index (χ1n) is 18.4. The van der Waals surface area contributed by atoms with Crippen LogP contribution in [0, 0.1) is 11.3 Å². The summed E-state index contributed by atoms with van der Waals surface area (Å²) in [6.07, 6.45) is 9.40. The minimum atomic E-state index is -0.256. The first-order chi connectivity index (χ1) is 25.6. The standard InChI is InChI=1S/C51H40N2/c1-32-13-7-6-8-14-35-23-24-37(28-46(35)50(32,2)3)48-30-43(34-21-19-33(31-52)20-22-34)44-29-42(38-15-9-10-17-41(38)49(44)53-48)36-25-26-40-39-16-11-12-18-45(39)51(4,5)47(40)27-36/h6-13,15-30H,1,14H2,2-5H3/b8-6-,13-7-. The minimum absolute atomic E-state index is 0.0989. The van der Waals surface area contributed by atoms with Gasteiger partial charge in [0.2, 0.25) is 0 Å². The zero-order chi connectivity index (χ0) is 36.5. The number of aromatic nitrogens is 1. The predicted molar refractivity (Wildman–Crippen MR) is 222 cm³/mol. The third-order valence-electron chi connectivity index (χ3n) is 11.8. The van der Waals surface area contributed by atoms with Crippen molar-refractivity contribution in [2.75, 3.05) is 0 Å². The lowest BCUT2D eigenvalue weighted by atomic mass is 9.75. The Morgan fingerprint density at radius 3 is 2.08 bits per heavy atom. The van der Waals surface area contributed by atoms with Gasteiger partial charge >= 0.3 is 0 Å². The van der Waals surface area contributed by atoms with Crippen LogP contribution in [0.15, 0.2) is 158 Å². The zero-order valence-corrected chi connectivity index (χ0v) is 30.7. The molecule has 2 aliphatic rings. The monoisotopic (exact) mass is 680 g/mol. The van der Waals surface area contributed by atoms with Crippen molar-refractivity contribution >= 4 is 21.7 Å². The molecule has 53 heavy (non-hydrogen) atoms. The highest BCUT2D eigenvalue weighted by Gasteiger charge is 2.35. The van der Waals surface area contributed by atoms with E-state index in [0.717, 1.165) is 50.7 Å². The van der Waals surface area contributed by atoms with Gasteiger partial charge in [0.25, 0.3) is 0 Å². The molecule has 7 aromatic rings. The number of pyridine rings is 1. The molecule has 254 valence electrons. The Labute approximate surface area is 312 Å². The number of hydrogen-bond acceptors (Lipinski definition) is 2. The van der Waals surface area contributed by atoms with Crippen LogP contribution in [0.3, 0.4) is 0 Å². The van der Waals surface area contributed by atoms with Crippen LogP contribution >= 0.6 is 0 Å². The summed E-state index contributed by atoms with van der Waals surface area (Å²) < 4.78 is 0. The lowest BCUT2D eigenvalue weighted by Crippen LogP contribution is -2.20. The summed E-state index contributed by atoms with van der Waals surface area (Å²) in [5.74, 6) is 0. The number of rotatable bonds is 3. The molecule has 2 heteroatoms. The predicted octanol–water partition coefficient (Wildman–Crippen LogP) is 13.1. The molecule has 0 aliphatic heterocycles. The quantitative estimate of drug-likeness (QED) is 0.174. The van der Waals surface area contributed by atoms with E-state index in [1.54, 1.807) is 0 Å². The summed E-state index contributed by atoms with van der Waals surface area (Å²) >= 11 is 0. The molecule has 0 fully saturated rings. The lowest BCUT2D eigenvalue weighted by molar-refractivity contribution is 0.635. The molecule has 0 amide bonds. The Bertz CT molecular complexity index is 2760. The Morgan fingerprint density at radius 2 is 1.26 bits per heavy atom. The number of allylic oxidation sites excluding steroid dienone is 5. The molecule has 0 bridgehead atoms. The van der Waals surface area contributed by atoms with E-state index in [4.69, 9.17) is 4.98 Å². The molecule has 0 radical (unpaired) electrons. The average molecular weight is 681 g/mol. The maximum Gasteiger partial charge on any atom is 0.0991 e. The van der Waals surface area contributed by atoms with Gasteiger partial charge in [-0.25, -0.2) is 4.98 Å². The van der Waals surface area contributed by atoms with Crippen LogP contribution in [0.1, 0.15) is 55.5 Å². The van der Waals surface area contributed by atoms with Gasteiger partial charge in [0, 0.05) is 27.2 Å². The van der Waals surface area contributed by atoms with Crippen LogP contribution < -0.4 is 0 Å². The Morgan fingerprint density at radius 1 is 0.585 bits per heavy atom. The maximum absolute atomic E-state index is 9.64. The Kier molecular flexibility index (Phi) is 7.47. The fourth-order valence-corrected chi connectivity index (χ4v) is 8.60. The molecule has 2 nitrogen and oxygen atoms in total. The molecular weight excluding hydrogens is 641 g/mol. The first-order valence-corrected chi connectivity index (χ1v) is 18.4. The number of fused-ring (bicyclic) bond motifs is 7. The van der Waals surface area contributed by atoms with Crippen molar-refractivity contribution < 1.29 is 0 Å². The average Bonchev–Trinajstić information content (AvgIpc) is 3.44. The van der Waals surface area contributed by atoms with E-state index in [0.29, 0.717) is 5.56 Å². The van der Waals surface area contributed by atoms with Gasteiger partial charge < -0.3 is 0 Å². The van der Waals surface area contributed by atoms with E-state index in [-0.39, 0.29) is 10.8 Å². The Hall–Kier alpha value is -6.30. The number of hydrogen-bond donors (Lipinski definition) is 0. The van der Waals surface area contributed by atoms with E-state index >= 15 is 0 Å². The normalized spacial score (nSPS) is 16.5. The summed E-state index contributed by atoms with van der Waals surface area (Å²) in [6.45, 7) is 13.7. The van der Waals surface area contributed by atoms with Crippen LogP contribution in [0.5, 0.6) is 0 Å². The number of nitrogens with zero attached hydrogens (tertiary/aromatic N) is 2. The highest BCUT2D eigenvalue weighted by molar-refractivity contribution is 6.16. The van der Waals surface area contributed by atoms with Crippen molar-refractivity contribution in [3.63, 3.8) is 0 Å². The van der Waals surface area contributed by atoms with Gasteiger partial charge in [0.15, 0.2) is 0 Å². The third-order valence-corrected chi connectivity index (χ3v) is 11.8. The molecule has 1 aromatic heterocycles. The first kappa shape index (κ1) is 32.6. The van der Waals surface area contributed by atoms with Gasteiger partial charge in [0.1, 0.15) is 0 Å². The summed E-state index contributed by atoms with van der Waals surface area (Å²) in [5, 5.41) is 13.0. The van der Waals surface area contributed by atoms with Crippen molar-refractivity contribution in [3.8, 4) is 50.7 Å². The molecule has 6 aromatic carbocycles. The second-order valence-corrected chi connectivity index (χ2v) is 15.6. The van der Waals surface area contributed by atoms with Crippen LogP contribution in [-0.2, 0) is 17.3 Å². The van der Waals surface area contributed by atoms with Gasteiger partial charge in [-0.05, 0) is 109 Å². The lowest BCUT2D eigenvalue weighted by Gasteiger charge is -2.29. The van der Waals surface area contributed by atoms with Gasteiger partial charge in [-0.1, -0.05) is 144 Å². The van der Waals surface area contributed by atoms with Gasteiger partial charge in [-0.15, -0.1) is 0 Å². The highest BCUT2D eigenvalue weighted by atomic mass is 14.7. The molecule has 1 heterocycles. The van der Waals surface area contributed by atoms with Crippen molar-refractivity contribution in [2.24, 2.45) is 0 Å². The molecule has 0 spiro atoms. The molecule has 0 atom stereocenters.